The van der Waals surface area contributed by atoms with E-state index in [1.165, 1.54) is 16.9 Å². The summed E-state index contributed by atoms with van der Waals surface area (Å²) < 4.78 is 0.779. The summed E-state index contributed by atoms with van der Waals surface area (Å²) in [4.78, 5) is 1.09. The van der Waals surface area contributed by atoms with E-state index >= 15 is 0 Å². The number of benzene rings is 1. The van der Waals surface area contributed by atoms with Crippen molar-refractivity contribution in [3.05, 3.63) is 56.7 Å². The molecular formula is C14H16ClNS. The quantitative estimate of drug-likeness (QED) is 0.885. The van der Waals surface area contributed by atoms with Gasteiger partial charge in [-0.25, -0.2) is 0 Å². The highest BCUT2D eigenvalue weighted by molar-refractivity contribution is 7.16. The van der Waals surface area contributed by atoms with Crippen molar-refractivity contribution in [2.45, 2.75) is 25.8 Å². The fourth-order valence-corrected chi connectivity index (χ4v) is 2.95. The first kappa shape index (κ1) is 12.6. The predicted molar refractivity (Wildman–Crippen MR) is 75.8 cm³/mol. The summed E-state index contributed by atoms with van der Waals surface area (Å²) in [6, 6.07) is 12.4. The molecule has 0 aliphatic heterocycles. The molecule has 1 nitrogen and oxygen atoms in total. The summed E-state index contributed by atoms with van der Waals surface area (Å²) in [5.74, 6) is 0. The van der Waals surface area contributed by atoms with E-state index in [1.807, 2.05) is 19.1 Å². The second-order valence-electron chi connectivity index (χ2n) is 4.36. The molecule has 1 unspecified atom stereocenters. The van der Waals surface area contributed by atoms with Crippen molar-refractivity contribution < 1.29 is 0 Å². The van der Waals surface area contributed by atoms with Crippen LogP contribution < -0.4 is 5.73 Å². The van der Waals surface area contributed by atoms with Gasteiger partial charge in [0.2, 0.25) is 0 Å². The van der Waals surface area contributed by atoms with E-state index in [1.54, 1.807) is 0 Å². The molecule has 0 fully saturated rings. The number of nitrogens with two attached hydrogens (primary N) is 1. The van der Waals surface area contributed by atoms with Gasteiger partial charge >= 0.3 is 0 Å². The fraction of sp³-hybridized carbons (Fsp3) is 0.286. The molecule has 17 heavy (non-hydrogen) atoms. The lowest BCUT2D eigenvalue weighted by Crippen LogP contribution is -2.33. The first-order chi connectivity index (χ1) is 8.04. The average Bonchev–Trinajstić information content (AvgIpc) is 2.77. The molecule has 0 saturated carbocycles. The van der Waals surface area contributed by atoms with Gasteiger partial charge in [0.1, 0.15) is 0 Å². The van der Waals surface area contributed by atoms with Gasteiger partial charge in [0, 0.05) is 4.88 Å². The second-order valence-corrected chi connectivity index (χ2v) is 6.07. The summed E-state index contributed by atoms with van der Waals surface area (Å²) in [6.45, 7) is 4.17. The van der Waals surface area contributed by atoms with Crippen molar-refractivity contribution in [3.8, 4) is 0 Å². The number of hydrogen-bond acceptors (Lipinski definition) is 2. The van der Waals surface area contributed by atoms with Crippen LogP contribution in [0.3, 0.4) is 0 Å². The Labute approximate surface area is 111 Å². The number of thiophene rings is 1. The minimum Gasteiger partial charge on any atom is -0.317 e. The predicted octanol–water partition coefficient (Wildman–Crippen LogP) is 4.19. The Bertz CT molecular complexity index is 499. The van der Waals surface area contributed by atoms with Crippen molar-refractivity contribution >= 4 is 22.9 Å². The zero-order valence-electron chi connectivity index (χ0n) is 10.0. The fourth-order valence-electron chi connectivity index (χ4n) is 1.82. The van der Waals surface area contributed by atoms with E-state index in [4.69, 9.17) is 17.3 Å². The third-order valence-electron chi connectivity index (χ3n) is 3.05. The first-order valence-corrected chi connectivity index (χ1v) is 6.87. The van der Waals surface area contributed by atoms with Gasteiger partial charge in [-0.1, -0.05) is 42.8 Å². The SMILES string of the molecule is CCc1ccc(C(C)(N)c2ccc(Cl)s2)cc1. The van der Waals surface area contributed by atoms with E-state index < -0.39 is 5.54 Å². The maximum Gasteiger partial charge on any atom is 0.0932 e. The summed E-state index contributed by atoms with van der Waals surface area (Å²) in [5, 5.41) is 0. The zero-order valence-corrected chi connectivity index (χ0v) is 11.6. The highest BCUT2D eigenvalue weighted by atomic mass is 35.5. The summed E-state index contributed by atoms with van der Waals surface area (Å²) >= 11 is 7.50. The van der Waals surface area contributed by atoms with Crippen LogP contribution in [0.5, 0.6) is 0 Å². The van der Waals surface area contributed by atoms with Crippen LogP contribution in [0.15, 0.2) is 36.4 Å². The average molecular weight is 266 g/mol. The summed E-state index contributed by atoms with van der Waals surface area (Å²) in [6.07, 6.45) is 1.05. The van der Waals surface area contributed by atoms with Crippen molar-refractivity contribution in [1.29, 1.82) is 0 Å². The minimum absolute atomic E-state index is 0.468. The molecule has 0 spiro atoms. The van der Waals surface area contributed by atoms with Crippen LogP contribution in [-0.2, 0) is 12.0 Å². The van der Waals surface area contributed by atoms with E-state index in [0.717, 1.165) is 21.2 Å². The highest BCUT2D eigenvalue weighted by Gasteiger charge is 2.25. The number of aryl methyl sites for hydroxylation is 1. The van der Waals surface area contributed by atoms with Gasteiger partial charge in [-0.2, -0.15) is 0 Å². The molecule has 90 valence electrons. The molecule has 0 aliphatic rings. The number of halogens is 1. The molecule has 1 heterocycles. The Morgan fingerprint density at radius 2 is 1.82 bits per heavy atom. The lowest BCUT2D eigenvalue weighted by Gasteiger charge is -2.24. The van der Waals surface area contributed by atoms with Gasteiger partial charge in [0.05, 0.1) is 9.88 Å². The lowest BCUT2D eigenvalue weighted by molar-refractivity contribution is 0.616. The topological polar surface area (TPSA) is 26.0 Å². The Hall–Kier alpha value is -0.830. The molecule has 0 bridgehead atoms. The van der Waals surface area contributed by atoms with Gasteiger partial charge in [-0.3, -0.25) is 0 Å². The van der Waals surface area contributed by atoms with Crippen LogP contribution in [0.1, 0.15) is 29.9 Å². The monoisotopic (exact) mass is 265 g/mol. The summed E-state index contributed by atoms with van der Waals surface area (Å²) in [7, 11) is 0. The van der Waals surface area contributed by atoms with Gasteiger partial charge in [-0.15, -0.1) is 11.3 Å². The van der Waals surface area contributed by atoms with E-state index in [2.05, 4.69) is 31.2 Å². The minimum atomic E-state index is -0.468. The van der Waals surface area contributed by atoms with Crippen molar-refractivity contribution in [1.82, 2.24) is 0 Å². The smallest absolute Gasteiger partial charge is 0.0932 e. The van der Waals surface area contributed by atoms with Crippen molar-refractivity contribution in [3.63, 3.8) is 0 Å². The molecule has 2 rings (SSSR count). The molecule has 1 aromatic heterocycles. The van der Waals surface area contributed by atoms with Crippen molar-refractivity contribution in [2.75, 3.05) is 0 Å². The molecule has 2 N–H and O–H groups in total. The Morgan fingerprint density at radius 1 is 1.18 bits per heavy atom. The van der Waals surface area contributed by atoms with Crippen LogP contribution in [0.4, 0.5) is 0 Å². The molecule has 0 radical (unpaired) electrons. The normalized spacial score (nSPS) is 14.6. The largest absolute Gasteiger partial charge is 0.317 e. The van der Waals surface area contributed by atoms with Gasteiger partial charge in [0.25, 0.3) is 0 Å². The zero-order chi connectivity index (χ0) is 12.5. The van der Waals surface area contributed by atoms with E-state index in [9.17, 15) is 0 Å². The van der Waals surface area contributed by atoms with Gasteiger partial charge < -0.3 is 5.73 Å². The van der Waals surface area contributed by atoms with Crippen LogP contribution in [-0.4, -0.2) is 0 Å². The molecule has 1 atom stereocenters. The second kappa shape index (κ2) is 4.81. The Balaban J connectivity index is 2.36. The van der Waals surface area contributed by atoms with Crippen LogP contribution in [0, 0.1) is 0 Å². The van der Waals surface area contributed by atoms with Crippen LogP contribution in [0.25, 0.3) is 0 Å². The van der Waals surface area contributed by atoms with Gasteiger partial charge in [-0.05, 0) is 36.6 Å². The number of hydrogen-bond donors (Lipinski definition) is 1. The maximum atomic E-state index is 6.42. The lowest BCUT2D eigenvalue weighted by atomic mass is 9.91. The van der Waals surface area contributed by atoms with Crippen LogP contribution >= 0.6 is 22.9 Å². The van der Waals surface area contributed by atoms with Crippen LogP contribution in [0.2, 0.25) is 4.34 Å². The number of rotatable bonds is 3. The third-order valence-corrected chi connectivity index (χ3v) is 4.52. The standard InChI is InChI=1S/C14H16ClNS/c1-3-10-4-6-11(7-5-10)14(2,16)12-8-9-13(15)17-12/h4-9H,3,16H2,1-2H3. The molecule has 0 amide bonds. The first-order valence-electron chi connectivity index (χ1n) is 5.68. The van der Waals surface area contributed by atoms with E-state index in [0.29, 0.717) is 0 Å². The highest BCUT2D eigenvalue weighted by Crippen LogP contribution is 2.33. The third kappa shape index (κ3) is 2.54. The molecule has 3 heteroatoms. The molecule has 1 aromatic carbocycles. The Kier molecular flexibility index (Phi) is 3.57. The maximum absolute atomic E-state index is 6.42. The Morgan fingerprint density at radius 3 is 2.29 bits per heavy atom. The molecule has 0 aliphatic carbocycles. The van der Waals surface area contributed by atoms with E-state index in [-0.39, 0.29) is 0 Å². The van der Waals surface area contributed by atoms with Crippen molar-refractivity contribution in [2.24, 2.45) is 5.73 Å². The summed E-state index contributed by atoms with van der Waals surface area (Å²) in [5.41, 5.74) is 8.39. The molecular weight excluding hydrogens is 250 g/mol. The van der Waals surface area contributed by atoms with Gasteiger partial charge in [0.15, 0.2) is 0 Å². The molecule has 2 aromatic rings. The molecule has 0 saturated heterocycles.